The molecule has 0 bridgehead atoms. The summed E-state index contributed by atoms with van der Waals surface area (Å²) in [6, 6.07) is 6.51. The maximum atomic E-state index is 12.1. The monoisotopic (exact) mass is 386 g/mol. The van der Waals surface area contributed by atoms with Gasteiger partial charge >= 0.3 is 11.9 Å². The summed E-state index contributed by atoms with van der Waals surface area (Å²) in [5, 5.41) is 23.2. The van der Waals surface area contributed by atoms with Crippen LogP contribution in [0, 0.1) is 0 Å². The Kier molecular flexibility index (Phi) is 7.14. The van der Waals surface area contributed by atoms with Gasteiger partial charge in [-0.3, -0.25) is 19.6 Å². The summed E-state index contributed by atoms with van der Waals surface area (Å²) in [7, 11) is 0. The average molecular weight is 386 g/mol. The Balaban J connectivity index is 1.99. The van der Waals surface area contributed by atoms with Crippen molar-refractivity contribution < 1.29 is 29.4 Å². The molecule has 2 aromatic heterocycles. The highest BCUT2D eigenvalue weighted by Crippen LogP contribution is 2.06. The first kappa shape index (κ1) is 20.5. The number of pyridine rings is 2. The standard InChI is InChI=1S/C18H18N4O6/c23-15(11-5-1-3-9-19-11)21-13(17(25)26)7-8-14(18(27)28)22-16(24)12-6-2-4-10-20-12/h1-6,9-10,13-14H,7-8H2,(H,21,23)(H,22,24)(H,25,26)(H,27,28)/t13-,14-/m0/s1. The number of aliphatic carboxylic acids is 2. The van der Waals surface area contributed by atoms with Gasteiger partial charge in [-0.1, -0.05) is 12.1 Å². The molecule has 0 aliphatic carbocycles. The number of nitrogens with one attached hydrogen (secondary N) is 2. The molecule has 0 saturated carbocycles. The number of aromatic nitrogens is 2. The molecule has 0 spiro atoms. The quantitative estimate of drug-likeness (QED) is 0.480. The van der Waals surface area contributed by atoms with E-state index in [2.05, 4.69) is 20.6 Å². The third kappa shape index (κ3) is 5.87. The lowest BCUT2D eigenvalue weighted by Gasteiger charge is -2.18. The summed E-state index contributed by atoms with van der Waals surface area (Å²) in [4.78, 5) is 54.6. The highest BCUT2D eigenvalue weighted by Gasteiger charge is 2.26. The molecular weight excluding hydrogens is 368 g/mol. The predicted octanol–water partition coefficient (Wildman–Crippen LogP) is 0.323. The number of carbonyl (C=O) groups excluding carboxylic acids is 2. The number of hydrogen-bond acceptors (Lipinski definition) is 6. The molecule has 0 fully saturated rings. The largest absolute Gasteiger partial charge is 0.480 e. The minimum atomic E-state index is -1.34. The van der Waals surface area contributed by atoms with E-state index < -0.39 is 35.8 Å². The van der Waals surface area contributed by atoms with Gasteiger partial charge in [-0.05, 0) is 37.1 Å². The van der Waals surface area contributed by atoms with Gasteiger partial charge in [0.15, 0.2) is 0 Å². The molecule has 0 saturated heterocycles. The lowest BCUT2D eigenvalue weighted by molar-refractivity contribution is -0.141. The molecule has 28 heavy (non-hydrogen) atoms. The Morgan fingerprint density at radius 2 is 1.14 bits per heavy atom. The molecule has 0 aliphatic rings. The Morgan fingerprint density at radius 3 is 1.43 bits per heavy atom. The van der Waals surface area contributed by atoms with E-state index >= 15 is 0 Å². The van der Waals surface area contributed by atoms with Crippen LogP contribution in [-0.2, 0) is 9.59 Å². The first-order valence-electron chi connectivity index (χ1n) is 8.28. The smallest absolute Gasteiger partial charge is 0.326 e. The maximum absolute atomic E-state index is 12.1. The summed E-state index contributed by atoms with van der Waals surface area (Å²) < 4.78 is 0. The van der Waals surface area contributed by atoms with Crippen LogP contribution >= 0.6 is 0 Å². The molecule has 0 aliphatic heterocycles. The molecule has 0 radical (unpaired) electrons. The Hall–Kier alpha value is -3.82. The Labute approximate surface area is 159 Å². The highest BCUT2D eigenvalue weighted by molar-refractivity contribution is 5.95. The number of hydrogen-bond donors (Lipinski definition) is 4. The van der Waals surface area contributed by atoms with Gasteiger partial charge in [0.05, 0.1) is 0 Å². The van der Waals surface area contributed by atoms with Crippen molar-refractivity contribution in [1.82, 2.24) is 20.6 Å². The van der Waals surface area contributed by atoms with Crippen LogP contribution < -0.4 is 10.6 Å². The number of carboxylic acid groups (broad SMARTS) is 2. The first-order valence-corrected chi connectivity index (χ1v) is 8.28. The second-order valence-corrected chi connectivity index (χ2v) is 5.74. The van der Waals surface area contributed by atoms with E-state index in [1.54, 1.807) is 24.3 Å². The predicted molar refractivity (Wildman–Crippen MR) is 95.5 cm³/mol. The maximum Gasteiger partial charge on any atom is 0.326 e. The normalized spacial score (nSPS) is 12.4. The first-order chi connectivity index (χ1) is 13.4. The van der Waals surface area contributed by atoms with Gasteiger partial charge in [0.2, 0.25) is 0 Å². The second-order valence-electron chi connectivity index (χ2n) is 5.74. The molecule has 0 aromatic carbocycles. The fourth-order valence-electron chi connectivity index (χ4n) is 2.31. The zero-order chi connectivity index (χ0) is 20.5. The lowest BCUT2D eigenvalue weighted by Crippen LogP contribution is -2.45. The van der Waals surface area contributed by atoms with Crippen molar-refractivity contribution in [3.8, 4) is 0 Å². The number of nitrogens with zero attached hydrogens (tertiary/aromatic N) is 2. The SMILES string of the molecule is O=C(N[C@@H](CC[C@H](NC(=O)c1ccccn1)C(=O)O)C(=O)O)c1ccccn1. The summed E-state index contributed by atoms with van der Waals surface area (Å²) >= 11 is 0. The number of carbonyl (C=O) groups is 4. The van der Waals surface area contributed by atoms with Crippen molar-refractivity contribution in [2.75, 3.05) is 0 Å². The van der Waals surface area contributed by atoms with Crippen LogP contribution in [0.25, 0.3) is 0 Å². The van der Waals surface area contributed by atoms with Crippen molar-refractivity contribution >= 4 is 23.8 Å². The van der Waals surface area contributed by atoms with Gasteiger partial charge in [0, 0.05) is 12.4 Å². The molecule has 2 rings (SSSR count). The van der Waals surface area contributed by atoms with E-state index in [-0.39, 0.29) is 24.2 Å². The summed E-state index contributed by atoms with van der Waals surface area (Å²) in [6.07, 6.45) is 2.34. The molecule has 2 atom stereocenters. The van der Waals surface area contributed by atoms with Crippen LogP contribution in [0.2, 0.25) is 0 Å². The van der Waals surface area contributed by atoms with Gasteiger partial charge < -0.3 is 20.8 Å². The molecule has 2 amide bonds. The van der Waals surface area contributed by atoms with Crippen LogP contribution in [0.1, 0.15) is 33.8 Å². The Morgan fingerprint density at radius 1 is 0.750 bits per heavy atom. The van der Waals surface area contributed by atoms with Crippen molar-refractivity contribution in [3.05, 3.63) is 60.2 Å². The fraction of sp³-hybridized carbons (Fsp3) is 0.222. The summed E-state index contributed by atoms with van der Waals surface area (Å²) in [6.45, 7) is 0. The van der Waals surface area contributed by atoms with Gasteiger partial charge in [0.25, 0.3) is 11.8 Å². The van der Waals surface area contributed by atoms with Crippen molar-refractivity contribution in [1.29, 1.82) is 0 Å². The lowest BCUT2D eigenvalue weighted by atomic mass is 10.1. The van der Waals surface area contributed by atoms with Crippen LogP contribution in [0.3, 0.4) is 0 Å². The van der Waals surface area contributed by atoms with Crippen LogP contribution in [0.4, 0.5) is 0 Å². The zero-order valence-electron chi connectivity index (χ0n) is 14.6. The highest BCUT2D eigenvalue weighted by atomic mass is 16.4. The average Bonchev–Trinajstić information content (AvgIpc) is 2.70. The molecule has 0 unspecified atom stereocenters. The summed E-state index contributed by atoms with van der Waals surface area (Å²) in [5.41, 5.74) is 0.0685. The number of rotatable bonds is 9. The van der Waals surface area contributed by atoms with E-state index in [0.717, 1.165) is 0 Å². The van der Waals surface area contributed by atoms with E-state index in [1.807, 2.05) is 0 Å². The van der Waals surface area contributed by atoms with Gasteiger partial charge in [-0.15, -0.1) is 0 Å². The minimum absolute atomic E-state index is 0.0342. The van der Waals surface area contributed by atoms with Crippen LogP contribution in [-0.4, -0.2) is 56.0 Å². The second kappa shape index (κ2) is 9.76. The minimum Gasteiger partial charge on any atom is -0.480 e. The Bertz CT molecular complexity index is 772. The zero-order valence-corrected chi connectivity index (χ0v) is 14.6. The summed E-state index contributed by atoms with van der Waals surface area (Å²) in [5.74, 6) is -4.05. The van der Waals surface area contributed by atoms with Crippen molar-refractivity contribution in [3.63, 3.8) is 0 Å². The van der Waals surface area contributed by atoms with E-state index in [1.165, 1.54) is 24.5 Å². The third-order valence-electron chi connectivity index (χ3n) is 3.75. The van der Waals surface area contributed by atoms with Crippen LogP contribution in [0.5, 0.6) is 0 Å². The molecule has 2 heterocycles. The van der Waals surface area contributed by atoms with E-state index in [9.17, 15) is 29.4 Å². The van der Waals surface area contributed by atoms with Crippen molar-refractivity contribution in [2.45, 2.75) is 24.9 Å². The fourth-order valence-corrected chi connectivity index (χ4v) is 2.31. The van der Waals surface area contributed by atoms with Gasteiger partial charge in [0.1, 0.15) is 23.5 Å². The molecule has 10 heteroatoms. The van der Waals surface area contributed by atoms with E-state index in [4.69, 9.17) is 0 Å². The van der Waals surface area contributed by atoms with Gasteiger partial charge in [-0.25, -0.2) is 9.59 Å². The molecule has 10 nitrogen and oxygen atoms in total. The van der Waals surface area contributed by atoms with Crippen molar-refractivity contribution in [2.24, 2.45) is 0 Å². The number of carboxylic acids is 2. The molecular formula is C18H18N4O6. The molecule has 146 valence electrons. The topological polar surface area (TPSA) is 159 Å². The van der Waals surface area contributed by atoms with Crippen LogP contribution in [0.15, 0.2) is 48.8 Å². The third-order valence-corrected chi connectivity index (χ3v) is 3.75. The van der Waals surface area contributed by atoms with Gasteiger partial charge in [-0.2, -0.15) is 0 Å². The number of amides is 2. The molecule has 4 N–H and O–H groups in total. The molecule has 2 aromatic rings. The van der Waals surface area contributed by atoms with E-state index in [0.29, 0.717) is 0 Å².